The fraction of sp³-hybridized carbons (Fsp3) is 0.929. The highest BCUT2D eigenvalue weighted by molar-refractivity contribution is 5.81. The normalized spacial score (nSPS) is 23.9. The molecule has 0 radical (unpaired) electrons. The maximum Gasteiger partial charge on any atom is 0.239 e. The van der Waals surface area contributed by atoms with Gasteiger partial charge in [-0.05, 0) is 47.5 Å². The van der Waals surface area contributed by atoms with Crippen LogP contribution in [0.25, 0.3) is 0 Å². The van der Waals surface area contributed by atoms with Crippen molar-refractivity contribution in [2.24, 2.45) is 0 Å². The van der Waals surface area contributed by atoms with Crippen LogP contribution in [0.3, 0.4) is 0 Å². The quantitative estimate of drug-likeness (QED) is 0.788. The van der Waals surface area contributed by atoms with Gasteiger partial charge in [-0.1, -0.05) is 0 Å². The highest BCUT2D eigenvalue weighted by atomic mass is 16.5. The molecule has 1 aliphatic heterocycles. The lowest BCUT2D eigenvalue weighted by atomic mass is 10.1. The van der Waals surface area contributed by atoms with E-state index in [0.717, 1.165) is 32.5 Å². The number of likely N-dealkylation sites (N-methyl/N-ethyl adjacent to an activating group) is 1. The molecule has 2 unspecified atom stereocenters. The van der Waals surface area contributed by atoms with Gasteiger partial charge in [0.2, 0.25) is 5.91 Å². The van der Waals surface area contributed by atoms with Crippen molar-refractivity contribution in [1.82, 2.24) is 10.2 Å². The van der Waals surface area contributed by atoms with Crippen molar-refractivity contribution in [3.05, 3.63) is 0 Å². The summed E-state index contributed by atoms with van der Waals surface area (Å²) in [6, 6.07) is -0.128. The van der Waals surface area contributed by atoms with Gasteiger partial charge in [0.15, 0.2) is 0 Å². The average Bonchev–Trinajstić information content (AvgIpc) is 2.67. The van der Waals surface area contributed by atoms with Gasteiger partial charge in [0.05, 0.1) is 17.7 Å². The molecule has 0 aromatic carbocycles. The molecule has 0 spiro atoms. The molecule has 0 aromatic heterocycles. The SMILES string of the molecule is CCN(CC)C(=O)C(C)NCC1CCC(C)(C)O1. The van der Waals surface area contributed by atoms with Gasteiger partial charge in [0, 0.05) is 19.6 Å². The van der Waals surface area contributed by atoms with Crippen LogP contribution in [0.15, 0.2) is 0 Å². The summed E-state index contributed by atoms with van der Waals surface area (Å²) in [5.74, 6) is 0.178. The molecule has 1 rings (SSSR count). The first-order valence-electron chi connectivity index (χ1n) is 7.09. The van der Waals surface area contributed by atoms with E-state index >= 15 is 0 Å². The number of carbonyl (C=O) groups is 1. The predicted octanol–water partition coefficient (Wildman–Crippen LogP) is 1.79. The zero-order chi connectivity index (χ0) is 13.8. The number of ether oxygens (including phenoxy) is 1. The van der Waals surface area contributed by atoms with Crippen molar-refractivity contribution < 1.29 is 9.53 Å². The molecule has 1 N–H and O–H groups in total. The van der Waals surface area contributed by atoms with Crippen LogP contribution < -0.4 is 5.32 Å². The molecule has 4 heteroatoms. The van der Waals surface area contributed by atoms with Crippen LogP contribution in [0.5, 0.6) is 0 Å². The van der Waals surface area contributed by atoms with Crippen LogP contribution in [-0.2, 0) is 9.53 Å². The van der Waals surface area contributed by atoms with E-state index in [-0.39, 0.29) is 23.7 Å². The van der Waals surface area contributed by atoms with Crippen molar-refractivity contribution in [2.45, 2.75) is 65.2 Å². The van der Waals surface area contributed by atoms with Crippen molar-refractivity contribution >= 4 is 5.91 Å². The summed E-state index contributed by atoms with van der Waals surface area (Å²) in [4.78, 5) is 13.9. The van der Waals surface area contributed by atoms with Gasteiger partial charge >= 0.3 is 0 Å². The molecule has 1 heterocycles. The lowest BCUT2D eigenvalue weighted by molar-refractivity contribution is -0.132. The highest BCUT2D eigenvalue weighted by Crippen LogP contribution is 2.28. The topological polar surface area (TPSA) is 41.6 Å². The minimum absolute atomic E-state index is 0.00152. The van der Waals surface area contributed by atoms with Crippen LogP contribution in [0.1, 0.15) is 47.5 Å². The summed E-state index contributed by atoms with van der Waals surface area (Å²) >= 11 is 0. The average molecular weight is 256 g/mol. The molecule has 18 heavy (non-hydrogen) atoms. The van der Waals surface area contributed by atoms with E-state index in [9.17, 15) is 4.79 Å². The van der Waals surface area contributed by atoms with Gasteiger partial charge in [-0.2, -0.15) is 0 Å². The summed E-state index contributed by atoms with van der Waals surface area (Å²) in [6.45, 7) is 12.5. The Morgan fingerprint density at radius 2 is 2.06 bits per heavy atom. The second-order valence-corrected chi connectivity index (χ2v) is 5.68. The van der Waals surface area contributed by atoms with Crippen LogP contribution in [0.4, 0.5) is 0 Å². The van der Waals surface area contributed by atoms with Gasteiger partial charge in [0.1, 0.15) is 0 Å². The zero-order valence-corrected chi connectivity index (χ0v) is 12.5. The molecule has 1 aliphatic rings. The van der Waals surface area contributed by atoms with Crippen molar-refractivity contribution in [3.63, 3.8) is 0 Å². The van der Waals surface area contributed by atoms with E-state index in [0.29, 0.717) is 0 Å². The number of rotatable bonds is 6. The monoisotopic (exact) mass is 256 g/mol. The van der Waals surface area contributed by atoms with Crippen molar-refractivity contribution in [1.29, 1.82) is 0 Å². The summed E-state index contributed by atoms with van der Waals surface area (Å²) in [7, 11) is 0. The standard InChI is InChI=1S/C14H28N2O2/c1-6-16(7-2)13(17)11(3)15-10-12-8-9-14(4,5)18-12/h11-12,15H,6-10H2,1-5H3. The maximum absolute atomic E-state index is 12.1. The van der Waals surface area contributed by atoms with Crippen LogP contribution in [0, 0.1) is 0 Å². The first-order valence-corrected chi connectivity index (χ1v) is 7.09. The second-order valence-electron chi connectivity index (χ2n) is 5.68. The smallest absolute Gasteiger partial charge is 0.239 e. The molecule has 0 aliphatic carbocycles. The summed E-state index contributed by atoms with van der Waals surface area (Å²) in [6.07, 6.45) is 2.41. The summed E-state index contributed by atoms with van der Waals surface area (Å²) in [5.41, 5.74) is -0.00152. The van der Waals surface area contributed by atoms with Gasteiger partial charge in [0.25, 0.3) is 0 Å². The molecule has 4 nitrogen and oxygen atoms in total. The third kappa shape index (κ3) is 4.25. The van der Waals surface area contributed by atoms with Crippen LogP contribution >= 0.6 is 0 Å². The lowest BCUT2D eigenvalue weighted by Crippen LogP contribution is -2.46. The molecular weight excluding hydrogens is 228 g/mol. The molecule has 0 bridgehead atoms. The third-order valence-electron chi connectivity index (χ3n) is 3.65. The van der Waals surface area contributed by atoms with Crippen LogP contribution in [0.2, 0.25) is 0 Å². The molecular formula is C14H28N2O2. The Kier molecular flexibility index (Phi) is 5.60. The zero-order valence-electron chi connectivity index (χ0n) is 12.5. The van der Waals surface area contributed by atoms with Gasteiger partial charge < -0.3 is 15.0 Å². The van der Waals surface area contributed by atoms with E-state index in [2.05, 4.69) is 19.2 Å². The van der Waals surface area contributed by atoms with Gasteiger partial charge in [-0.25, -0.2) is 0 Å². The number of carbonyl (C=O) groups excluding carboxylic acids is 1. The fourth-order valence-electron chi connectivity index (χ4n) is 2.43. The van der Waals surface area contributed by atoms with E-state index in [1.165, 1.54) is 0 Å². The number of hydrogen-bond donors (Lipinski definition) is 1. The molecule has 1 saturated heterocycles. The molecule has 0 aromatic rings. The Hall–Kier alpha value is -0.610. The number of nitrogens with one attached hydrogen (secondary N) is 1. The van der Waals surface area contributed by atoms with Crippen LogP contribution in [-0.4, -0.2) is 48.2 Å². The Morgan fingerprint density at radius 3 is 2.50 bits per heavy atom. The summed E-state index contributed by atoms with van der Waals surface area (Å²) in [5, 5.41) is 3.30. The summed E-state index contributed by atoms with van der Waals surface area (Å²) < 4.78 is 5.90. The second kappa shape index (κ2) is 6.53. The van der Waals surface area contributed by atoms with Crippen molar-refractivity contribution in [2.75, 3.05) is 19.6 Å². The van der Waals surface area contributed by atoms with E-state index in [4.69, 9.17) is 4.74 Å². The Balaban J connectivity index is 2.33. The molecule has 1 fully saturated rings. The molecule has 2 atom stereocenters. The molecule has 1 amide bonds. The van der Waals surface area contributed by atoms with E-state index < -0.39 is 0 Å². The Labute approximate surface area is 111 Å². The van der Waals surface area contributed by atoms with E-state index in [1.807, 2.05) is 25.7 Å². The lowest BCUT2D eigenvalue weighted by Gasteiger charge is -2.25. The third-order valence-corrected chi connectivity index (χ3v) is 3.65. The Morgan fingerprint density at radius 1 is 1.44 bits per heavy atom. The van der Waals surface area contributed by atoms with Crippen molar-refractivity contribution in [3.8, 4) is 0 Å². The number of amides is 1. The molecule has 0 saturated carbocycles. The first kappa shape index (κ1) is 15.4. The number of nitrogens with zero attached hydrogens (tertiary/aromatic N) is 1. The number of hydrogen-bond acceptors (Lipinski definition) is 3. The first-order chi connectivity index (χ1) is 8.39. The van der Waals surface area contributed by atoms with E-state index in [1.54, 1.807) is 0 Å². The Bertz CT molecular complexity index is 275. The predicted molar refractivity (Wildman–Crippen MR) is 73.6 cm³/mol. The minimum Gasteiger partial charge on any atom is -0.371 e. The minimum atomic E-state index is -0.128. The largest absolute Gasteiger partial charge is 0.371 e. The fourth-order valence-corrected chi connectivity index (χ4v) is 2.43. The van der Waals surface area contributed by atoms with Gasteiger partial charge in [-0.15, -0.1) is 0 Å². The highest BCUT2D eigenvalue weighted by Gasteiger charge is 2.31. The molecule has 106 valence electrons. The maximum atomic E-state index is 12.1. The van der Waals surface area contributed by atoms with Gasteiger partial charge in [-0.3, -0.25) is 4.79 Å².